The maximum absolute atomic E-state index is 12.2. The van der Waals surface area contributed by atoms with Gasteiger partial charge in [0.15, 0.2) is 0 Å². The number of amides is 2. The molecule has 0 bridgehead atoms. The van der Waals surface area contributed by atoms with Crippen molar-refractivity contribution in [3.05, 3.63) is 35.4 Å². The van der Waals surface area contributed by atoms with Crippen LogP contribution in [0.4, 0.5) is 0 Å². The number of hydrogen-bond donors (Lipinski definition) is 0. The molecule has 1 aromatic carbocycles. The van der Waals surface area contributed by atoms with E-state index in [4.69, 9.17) is 9.57 Å². The van der Waals surface area contributed by atoms with Crippen LogP contribution in [-0.2, 0) is 14.4 Å². The van der Waals surface area contributed by atoms with Gasteiger partial charge in [-0.15, -0.1) is 16.8 Å². The first-order chi connectivity index (χ1) is 11.0. The number of nitrogens with zero attached hydrogens (tertiary/aromatic N) is 1. The third-order valence-electron chi connectivity index (χ3n) is 4.00. The molecule has 0 radical (unpaired) electrons. The fraction of sp³-hybridized carbons (Fsp3) is 0.438. The number of esters is 1. The van der Waals surface area contributed by atoms with E-state index in [9.17, 15) is 14.4 Å². The molecule has 0 fully saturated rings. The lowest BCUT2D eigenvalue weighted by Crippen LogP contribution is -2.38. The van der Waals surface area contributed by atoms with E-state index in [1.165, 1.54) is 18.9 Å². The second-order valence-corrected chi connectivity index (χ2v) is 6.27. The number of carbonyl (C=O) groups is 3. The van der Waals surface area contributed by atoms with E-state index in [-0.39, 0.29) is 12.6 Å². The van der Waals surface area contributed by atoms with E-state index >= 15 is 0 Å². The van der Waals surface area contributed by atoms with Gasteiger partial charge < -0.3 is 4.74 Å². The molecule has 1 heterocycles. The highest BCUT2D eigenvalue weighted by Crippen LogP contribution is 2.32. The van der Waals surface area contributed by atoms with Crippen molar-refractivity contribution < 1.29 is 24.0 Å². The fourth-order valence-corrected chi connectivity index (χ4v) is 3.35. The van der Waals surface area contributed by atoms with Gasteiger partial charge in [0, 0.05) is 0 Å². The number of benzene rings is 1. The Balaban J connectivity index is 2.03. The molecule has 23 heavy (non-hydrogen) atoms. The van der Waals surface area contributed by atoms with E-state index in [1.807, 2.05) is 13.2 Å². The topological polar surface area (TPSA) is 72.9 Å². The summed E-state index contributed by atoms with van der Waals surface area (Å²) in [6.45, 7) is 1.95. The molecule has 6 nitrogen and oxygen atoms in total. The predicted molar refractivity (Wildman–Crippen MR) is 86.1 cm³/mol. The standard InChI is InChI=1S/C16H19NO5S/c1-4-16(23-3,15(20)21-2)9-10-22-17-13(18)11-7-5-6-8-12(11)14(17)19/h5-8H,4,9-10H2,1-3H3. The molecular formula is C16H19NO5S. The number of ether oxygens (including phenoxy) is 1. The fourth-order valence-electron chi connectivity index (χ4n) is 2.53. The molecular weight excluding hydrogens is 318 g/mol. The highest BCUT2D eigenvalue weighted by molar-refractivity contribution is 8.00. The van der Waals surface area contributed by atoms with E-state index < -0.39 is 16.6 Å². The minimum Gasteiger partial charge on any atom is -0.468 e. The molecule has 0 saturated carbocycles. The van der Waals surface area contributed by atoms with Crippen LogP contribution < -0.4 is 0 Å². The van der Waals surface area contributed by atoms with Gasteiger partial charge >= 0.3 is 5.97 Å². The molecule has 0 aromatic heterocycles. The Bertz CT molecular complexity index is 592. The van der Waals surface area contributed by atoms with Gasteiger partial charge in [-0.1, -0.05) is 19.1 Å². The molecule has 2 rings (SSSR count). The molecule has 1 atom stereocenters. The van der Waals surface area contributed by atoms with Crippen LogP contribution >= 0.6 is 11.8 Å². The minimum absolute atomic E-state index is 0.0647. The Hall–Kier alpha value is -1.86. The molecule has 0 spiro atoms. The van der Waals surface area contributed by atoms with Crippen molar-refractivity contribution in [2.45, 2.75) is 24.5 Å². The Kier molecular flexibility index (Phi) is 5.43. The number of rotatable bonds is 7. The average molecular weight is 337 g/mol. The normalized spacial score (nSPS) is 16.2. The van der Waals surface area contributed by atoms with Crippen LogP contribution in [0.2, 0.25) is 0 Å². The highest BCUT2D eigenvalue weighted by Gasteiger charge is 2.39. The number of fused-ring (bicyclic) bond motifs is 1. The molecule has 1 unspecified atom stereocenters. The molecule has 7 heteroatoms. The Labute approximate surface area is 139 Å². The first kappa shape index (κ1) is 17.5. The zero-order valence-corrected chi connectivity index (χ0v) is 14.1. The Morgan fingerprint density at radius 3 is 2.22 bits per heavy atom. The largest absolute Gasteiger partial charge is 0.468 e. The monoisotopic (exact) mass is 337 g/mol. The smallest absolute Gasteiger partial charge is 0.321 e. The van der Waals surface area contributed by atoms with Gasteiger partial charge in [-0.25, -0.2) is 0 Å². The number of thioether (sulfide) groups is 1. The zero-order valence-electron chi connectivity index (χ0n) is 13.3. The van der Waals surface area contributed by atoms with Crippen LogP contribution in [0.25, 0.3) is 0 Å². The summed E-state index contributed by atoms with van der Waals surface area (Å²) in [6, 6.07) is 6.57. The van der Waals surface area contributed by atoms with Crippen molar-refractivity contribution in [2.75, 3.05) is 20.0 Å². The summed E-state index contributed by atoms with van der Waals surface area (Å²) >= 11 is 1.38. The van der Waals surface area contributed by atoms with Crippen molar-refractivity contribution in [3.8, 4) is 0 Å². The maximum atomic E-state index is 12.2. The zero-order chi connectivity index (χ0) is 17.0. The molecule has 1 aliphatic rings. The van der Waals surface area contributed by atoms with Gasteiger partial charge in [-0.3, -0.25) is 19.2 Å². The van der Waals surface area contributed by atoms with Crippen LogP contribution in [-0.4, -0.2) is 47.6 Å². The van der Waals surface area contributed by atoms with E-state index in [0.29, 0.717) is 24.0 Å². The number of methoxy groups -OCH3 is 1. The lowest BCUT2D eigenvalue weighted by molar-refractivity contribution is -0.145. The molecule has 1 aliphatic heterocycles. The van der Waals surface area contributed by atoms with Crippen LogP contribution in [0.15, 0.2) is 24.3 Å². The number of imide groups is 1. The predicted octanol–water partition coefficient (Wildman–Crippen LogP) is 2.29. The quantitative estimate of drug-likeness (QED) is 0.561. The maximum Gasteiger partial charge on any atom is 0.321 e. The number of carbonyl (C=O) groups excluding carboxylic acids is 3. The van der Waals surface area contributed by atoms with Gasteiger partial charge in [-0.05, 0) is 31.2 Å². The van der Waals surface area contributed by atoms with Gasteiger partial charge in [0.2, 0.25) is 0 Å². The summed E-state index contributed by atoms with van der Waals surface area (Å²) in [4.78, 5) is 41.7. The second kappa shape index (κ2) is 7.14. The highest BCUT2D eigenvalue weighted by atomic mass is 32.2. The van der Waals surface area contributed by atoms with Crippen LogP contribution in [0.3, 0.4) is 0 Å². The first-order valence-corrected chi connectivity index (χ1v) is 8.47. The number of hydroxylamine groups is 2. The summed E-state index contributed by atoms with van der Waals surface area (Å²) in [6.07, 6.45) is 2.72. The SMILES string of the molecule is CCC(CCON1C(=O)c2ccccc2C1=O)(SC)C(=O)OC. The van der Waals surface area contributed by atoms with Gasteiger partial charge in [0.05, 0.1) is 24.8 Å². The van der Waals surface area contributed by atoms with E-state index in [1.54, 1.807) is 24.3 Å². The first-order valence-electron chi connectivity index (χ1n) is 7.25. The van der Waals surface area contributed by atoms with Gasteiger partial charge in [0.25, 0.3) is 11.8 Å². The van der Waals surface area contributed by atoms with Crippen LogP contribution in [0.5, 0.6) is 0 Å². The van der Waals surface area contributed by atoms with Crippen molar-refractivity contribution in [1.82, 2.24) is 5.06 Å². The third-order valence-corrected chi connectivity index (χ3v) is 5.44. The molecule has 0 saturated heterocycles. The van der Waals surface area contributed by atoms with Crippen molar-refractivity contribution >= 4 is 29.5 Å². The molecule has 0 N–H and O–H groups in total. The van der Waals surface area contributed by atoms with Gasteiger partial charge in [0.1, 0.15) is 4.75 Å². The molecule has 2 amide bonds. The van der Waals surface area contributed by atoms with Crippen LogP contribution in [0.1, 0.15) is 40.5 Å². The minimum atomic E-state index is -0.743. The number of hydrogen-bond acceptors (Lipinski definition) is 6. The third kappa shape index (κ3) is 3.11. The lowest BCUT2D eigenvalue weighted by atomic mass is 10.0. The second-order valence-electron chi connectivity index (χ2n) is 5.08. The van der Waals surface area contributed by atoms with Crippen molar-refractivity contribution in [2.24, 2.45) is 0 Å². The summed E-state index contributed by atoms with van der Waals surface area (Å²) < 4.78 is 4.11. The Morgan fingerprint density at radius 2 is 1.78 bits per heavy atom. The average Bonchev–Trinajstić information content (AvgIpc) is 2.83. The lowest BCUT2D eigenvalue weighted by Gasteiger charge is -2.28. The summed E-state index contributed by atoms with van der Waals surface area (Å²) in [7, 11) is 1.34. The summed E-state index contributed by atoms with van der Waals surface area (Å²) in [5.41, 5.74) is 0.661. The van der Waals surface area contributed by atoms with Crippen molar-refractivity contribution in [3.63, 3.8) is 0 Å². The summed E-state index contributed by atoms with van der Waals surface area (Å²) in [5.74, 6) is -1.29. The molecule has 1 aromatic rings. The molecule has 124 valence electrons. The van der Waals surface area contributed by atoms with E-state index in [2.05, 4.69) is 0 Å². The van der Waals surface area contributed by atoms with E-state index in [0.717, 1.165) is 5.06 Å². The molecule has 0 aliphatic carbocycles. The van der Waals surface area contributed by atoms with Gasteiger partial charge in [-0.2, -0.15) is 0 Å². The van der Waals surface area contributed by atoms with Crippen LogP contribution in [0, 0.1) is 0 Å². The van der Waals surface area contributed by atoms with Crippen molar-refractivity contribution in [1.29, 1.82) is 0 Å². The summed E-state index contributed by atoms with van der Waals surface area (Å²) in [5, 5.41) is 0.767. The Morgan fingerprint density at radius 1 is 1.22 bits per heavy atom.